The highest BCUT2D eigenvalue weighted by molar-refractivity contribution is 8.08. The van der Waals surface area contributed by atoms with E-state index >= 15 is 0 Å². The summed E-state index contributed by atoms with van der Waals surface area (Å²) in [5, 5.41) is 0. The Kier molecular flexibility index (Phi) is 5.45. The highest BCUT2D eigenvalue weighted by Gasteiger charge is 2.48. The lowest BCUT2D eigenvalue weighted by molar-refractivity contribution is -0.144. The van der Waals surface area contributed by atoms with Crippen molar-refractivity contribution in [3.05, 3.63) is 0 Å². The lowest BCUT2D eigenvalue weighted by atomic mass is 10.2. The molecule has 0 N–H and O–H groups in total. The lowest BCUT2D eigenvalue weighted by Crippen LogP contribution is -2.42. The first-order chi connectivity index (χ1) is 8.02. The van der Waals surface area contributed by atoms with Gasteiger partial charge in [-0.1, -0.05) is 0 Å². The van der Waals surface area contributed by atoms with Gasteiger partial charge in [0.05, 0.1) is 6.61 Å². The van der Waals surface area contributed by atoms with Crippen LogP contribution < -0.4 is 0 Å². The molecule has 0 bridgehead atoms. The molecule has 1 atom stereocenters. The molecule has 0 saturated carbocycles. The molecule has 1 aliphatic rings. The number of rotatable bonds is 8. The smallest absolute Gasteiger partial charge is 0.465 e. The molecule has 0 radical (unpaired) electrons. The highest BCUT2D eigenvalue weighted by Crippen LogP contribution is 2.44. The van der Waals surface area contributed by atoms with Gasteiger partial charge in [0.15, 0.2) is 0 Å². The first kappa shape index (κ1) is 15.0. The number of hydrogen-bond donors (Lipinski definition) is 0. The summed E-state index contributed by atoms with van der Waals surface area (Å²) in [5.74, 6) is 0.737. The summed E-state index contributed by atoms with van der Waals surface area (Å²) in [6, 6.07) is 0.646. The number of carbonyl (C=O) groups is 1. The fourth-order valence-corrected chi connectivity index (χ4v) is 3.59. The topological polar surface area (TPSA) is 54.0 Å². The van der Waals surface area contributed by atoms with Crippen LogP contribution in [0.3, 0.4) is 0 Å². The third-order valence-electron chi connectivity index (χ3n) is 2.80. The average molecular weight is 280 g/mol. The molecule has 7 heteroatoms. The molecule has 1 heterocycles. The zero-order valence-electron chi connectivity index (χ0n) is 10.8. The molecule has 1 fully saturated rings. The molecule has 0 aromatic rings. The van der Waals surface area contributed by atoms with Crippen molar-refractivity contribution >= 4 is 26.5 Å². The molecule has 1 aliphatic heterocycles. The van der Waals surface area contributed by atoms with E-state index in [1.807, 2.05) is 6.92 Å². The van der Waals surface area contributed by atoms with E-state index in [9.17, 15) is 4.79 Å². The van der Waals surface area contributed by atoms with Crippen LogP contribution in [0.25, 0.3) is 0 Å². The van der Waals surface area contributed by atoms with Crippen LogP contribution in [0, 0.1) is 0 Å². The Labute approximate surface area is 108 Å². The number of esters is 1. The van der Waals surface area contributed by atoms with Gasteiger partial charge in [-0.3, -0.25) is 4.79 Å². The average Bonchev–Trinajstić information content (AvgIpc) is 3.10. The number of carbonyl (C=O) groups excluding carboxylic acids is 1. The third kappa shape index (κ3) is 3.96. The van der Waals surface area contributed by atoms with Gasteiger partial charge in [-0.25, -0.2) is 0 Å². The van der Waals surface area contributed by atoms with Crippen LogP contribution in [-0.4, -0.2) is 53.2 Å². The van der Waals surface area contributed by atoms with Crippen molar-refractivity contribution in [2.45, 2.75) is 24.1 Å². The largest absolute Gasteiger partial charge is 0.500 e. The van der Waals surface area contributed by atoms with E-state index < -0.39 is 8.80 Å². The lowest BCUT2D eigenvalue weighted by Gasteiger charge is -2.24. The van der Waals surface area contributed by atoms with Crippen LogP contribution >= 0.6 is 11.8 Å². The molecular formula is C10H20O5SSi. The summed E-state index contributed by atoms with van der Waals surface area (Å²) >= 11 is 1.62. The van der Waals surface area contributed by atoms with E-state index in [1.165, 1.54) is 0 Å². The van der Waals surface area contributed by atoms with Crippen LogP contribution in [0.4, 0.5) is 0 Å². The second-order valence-corrected chi connectivity index (χ2v) is 8.62. The Balaban J connectivity index is 2.20. The number of thioether (sulfide) groups is 1. The van der Waals surface area contributed by atoms with Gasteiger partial charge >= 0.3 is 14.8 Å². The van der Waals surface area contributed by atoms with Crippen molar-refractivity contribution in [3.63, 3.8) is 0 Å². The summed E-state index contributed by atoms with van der Waals surface area (Å²) in [4.78, 5) is 11.5. The van der Waals surface area contributed by atoms with Gasteiger partial charge in [0.25, 0.3) is 0 Å². The van der Waals surface area contributed by atoms with E-state index in [-0.39, 0.29) is 10.7 Å². The Hall–Kier alpha value is -0.0831. The summed E-state index contributed by atoms with van der Waals surface area (Å²) in [6.07, 6.45) is 0.689. The van der Waals surface area contributed by atoms with Gasteiger partial charge in [-0.15, -0.1) is 11.8 Å². The molecule has 100 valence electrons. The van der Waals surface area contributed by atoms with E-state index in [4.69, 9.17) is 18.0 Å². The van der Waals surface area contributed by atoms with Gasteiger partial charge in [0, 0.05) is 33.1 Å². The van der Waals surface area contributed by atoms with E-state index in [1.54, 1.807) is 33.1 Å². The standard InChI is InChI=1S/C10H20O5SSi/c1-10(8-16-10)9(11)15-6-5-7-17(12-2,13-3)14-4/h5-8H2,1-4H3. The predicted molar refractivity (Wildman–Crippen MR) is 68.0 cm³/mol. The van der Waals surface area contributed by atoms with Gasteiger partial charge in [-0.2, -0.15) is 0 Å². The van der Waals surface area contributed by atoms with E-state index in [0.717, 1.165) is 5.75 Å². The van der Waals surface area contributed by atoms with Crippen molar-refractivity contribution in [3.8, 4) is 0 Å². The molecule has 1 rings (SSSR count). The van der Waals surface area contributed by atoms with Crippen molar-refractivity contribution in [2.75, 3.05) is 33.7 Å². The normalized spacial score (nSPS) is 23.5. The van der Waals surface area contributed by atoms with Crippen LogP contribution in [0.15, 0.2) is 0 Å². The zero-order valence-corrected chi connectivity index (χ0v) is 12.6. The maximum Gasteiger partial charge on any atom is 0.500 e. The molecule has 5 nitrogen and oxygen atoms in total. The van der Waals surface area contributed by atoms with E-state index in [0.29, 0.717) is 19.1 Å². The fourth-order valence-electron chi connectivity index (χ4n) is 1.39. The van der Waals surface area contributed by atoms with Gasteiger partial charge in [-0.05, 0) is 13.3 Å². The SMILES string of the molecule is CO[Si](CCCOC(=O)C1(C)CS1)(OC)OC. The molecule has 1 saturated heterocycles. The van der Waals surface area contributed by atoms with Gasteiger partial charge < -0.3 is 18.0 Å². The van der Waals surface area contributed by atoms with E-state index in [2.05, 4.69) is 0 Å². The van der Waals surface area contributed by atoms with Crippen LogP contribution in [0.1, 0.15) is 13.3 Å². The van der Waals surface area contributed by atoms with Gasteiger partial charge in [0.2, 0.25) is 0 Å². The molecule has 0 aromatic heterocycles. The Morgan fingerprint density at radius 1 is 1.29 bits per heavy atom. The predicted octanol–water partition coefficient (Wildman–Crippen LogP) is 1.30. The van der Waals surface area contributed by atoms with Crippen LogP contribution in [0.2, 0.25) is 6.04 Å². The molecular weight excluding hydrogens is 260 g/mol. The molecule has 0 amide bonds. The highest BCUT2D eigenvalue weighted by atomic mass is 32.2. The Morgan fingerprint density at radius 3 is 2.24 bits per heavy atom. The molecule has 0 spiro atoms. The minimum absolute atomic E-state index is 0.123. The fraction of sp³-hybridized carbons (Fsp3) is 0.900. The maximum absolute atomic E-state index is 11.5. The second-order valence-electron chi connectivity index (χ2n) is 4.05. The monoisotopic (exact) mass is 280 g/mol. The third-order valence-corrected chi connectivity index (χ3v) is 6.96. The summed E-state index contributed by atoms with van der Waals surface area (Å²) in [7, 11) is 2.21. The van der Waals surface area contributed by atoms with Crippen molar-refractivity contribution in [2.24, 2.45) is 0 Å². The first-order valence-corrected chi connectivity index (χ1v) is 8.40. The van der Waals surface area contributed by atoms with Crippen molar-refractivity contribution < 1.29 is 22.8 Å². The zero-order chi connectivity index (χ0) is 12.9. The second kappa shape index (κ2) is 6.19. The molecule has 0 aliphatic carbocycles. The number of ether oxygens (including phenoxy) is 1. The quantitative estimate of drug-likeness (QED) is 0.289. The molecule has 0 aromatic carbocycles. The summed E-state index contributed by atoms with van der Waals surface area (Å²) in [6.45, 7) is 2.29. The van der Waals surface area contributed by atoms with Crippen molar-refractivity contribution in [1.82, 2.24) is 0 Å². The minimum atomic E-state index is -2.52. The Bertz CT molecular complexity index is 257. The summed E-state index contributed by atoms with van der Waals surface area (Å²) < 4.78 is 20.7. The Morgan fingerprint density at radius 2 is 1.82 bits per heavy atom. The van der Waals surface area contributed by atoms with Crippen LogP contribution in [0.5, 0.6) is 0 Å². The van der Waals surface area contributed by atoms with Gasteiger partial charge in [0.1, 0.15) is 4.75 Å². The van der Waals surface area contributed by atoms with Crippen LogP contribution in [-0.2, 0) is 22.8 Å². The van der Waals surface area contributed by atoms with Crippen molar-refractivity contribution in [1.29, 1.82) is 0 Å². The first-order valence-electron chi connectivity index (χ1n) is 5.48. The number of hydrogen-bond acceptors (Lipinski definition) is 6. The summed E-state index contributed by atoms with van der Waals surface area (Å²) in [5.41, 5.74) is 0. The minimum Gasteiger partial charge on any atom is -0.465 e. The molecule has 17 heavy (non-hydrogen) atoms. The maximum atomic E-state index is 11.5. The molecule has 1 unspecified atom stereocenters.